The molecule has 1 amide bonds. The minimum Gasteiger partial charge on any atom is -0.507 e. The second-order valence-electron chi connectivity index (χ2n) is 8.14. The number of benzene rings is 3. The first kappa shape index (κ1) is 22.6. The number of ketones is 1. The largest absolute Gasteiger partial charge is 0.507 e. The van der Waals surface area contributed by atoms with Crippen LogP contribution in [0.4, 0.5) is 5.13 Å². The number of carbonyl (C=O) groups excluding carboxylic acids is 2. The number of carbonyl (C=O) groups is 2. The summed E-state index contributed by atoms with van der Waals surface area (Å²) in [5.74, 6) is -0.525. The van der Waals surface area contributed by atoms with Gasteiger partial charge in [-0.15, -0.1) is 0 Å². The lowest BCUT2D eigenvalue weighted by Gasteiger charge is -2.23. The maximum atomic E-state index is 13.4. The molecule has 1 unspecified atom stereocenters. The predicted molar refractivity (Wildman–Crippen MR) is 135 cm³/mol. The summed E-state index contributed by atoms with van der Waals surface area (Å²) in [5.41, 5.74) is 2.76. The normalized spacial score (nSPS) is 17.2. The van der Waals surface area contributed by atoms with Crippen LogP contribution in [0.15, 0.2) is 72.3 Å². The number of fused-ring (bicyclic) bond motifs is 1. The fraction of sp³-hybridized carbons (Fsp3) is 0.148. The molecule has 4 aromatic rings. The molecule has 5 rings (SSSR count). The predicted octanol–water partition coefficient (Wildman–Crippen LogP) is 5.25. The van der Waals surface area contributed by atoms with E-state index in [1.807, 2.05) is 25.1 Å². The highest BCUT2D eigenvalue weighted by molar-refractivity contribution is 7.22. The van der Waals surface area contributed by atoms with E-state index >= 15 is 0 Å². The number of nitrogens with zero attached hydrogens (tertiary/aromatic N) is 2. The Morgan fingerprint density at radius 3 is 2.40 bits per heavy atom. The van der Waals surface area contributed by atoms with Crippen molar-refractivity contribution in [2.75, 3.05) is 19.1 Å². The van der Waals surface area contributed by atoms with Gasteiger partial charge in [-0.2, -0.15) is 0 Å². The molecule has 2 heterocycles. The molecule has 1 aliphatic heterocycles. The van der Waals surface area contributed by atoms with Gasteiger partial charge in [0.2, 0.25) is 0 Å². The molecule has 7 nitrogen and oxygen atoms in total. The second kappa shape index (κ2) is 8.88. The van der Waals surface area contributed by atoms with Gasteiger partial charge in [-0.3, -0.25) is 14.5 Å². The molecule has 3 aromatic carbocycles. The molecule has 1 saturated heterocycles. The fourth-order valence-electron chi connectivity index (χ4n) is 4.15. The number of hydrogen-bond acceptors (Lipinski definition) is 7. The quantitative estimate of drug-likeness (QED) is 0.236. The zero-order valence-corrected chi connectivity index (χ0v) is 20.1. The summed E-state index contributed by atoms with van der Waals surface area (Å²) in [6.07, 6.45) is 0. The van der Waals surface area contributed by atoms with Crippen molar-refractivity contribution in [3.63, 3.8) is 0 Å². The van der Waals surface area contributed by atoms with Crippen molar-refractivity contribution >= 4 is 44.1 Å². The number of aliphatic hydroxyl groups is 1. The minimum absolute atomic E-state index is 0.00365. The molecule has 1 fully saturated rings. The monoisotopic (exact) mass is 486 g/mol. The first-order chi connectivity index (χ1) is 16.9. The molecule has 1 atom stereocenters. The summed E-state index contributed by atoms with van der Waals surface area (Å²) in [4.78, 5) is 32.7. The molecular weight excluding hydrogens is 464 g/mol. The zero-order chi connectivity index (χ0) is 24.7. The van der Waals surface area contributed by atoms with E-state index in [9.17, 15) is 14.7 Å². The van der Waals surface area contributed by atoms with Crippen LogP contribution in [-0.4, -0.2) is 36.0 Å². The zero-order valence-electron chi connectivity index (χ0n) is 19.3. The first-order valence-corrected chi connectivity index (χ1v) is 11.7. The molecule has 0 aliphatic carbocycles. The molecule has 0 saturated carbocycles. The first-order valence-electron chi connectivity index (χ1n) is 10.9. The van der Waals surface area contributed by atoms with Gasteiger partial charge in [0, 0.05) is 5.56 Å². The van der Waals surface area contributed by atoms with Crippen LogP contribution in [0.1, 0.15) is 22.7 Å². The molecule has 1 aromatic heterocycles. The third kappa shape index (κ3) is 3.91. The topological polar surface area (TPSA) is 89.0 Å². The van der Waals surface area contributed by atoms with Crippen LogP contribution in [0, 0.1) is 6.92 Å². The van der Waals surface area contributed by atoms with Gasteiger partial charge in [0.1, 0.15) is 17.3 Å². The maximum Gasteiger partial charge on any atom is 0.301 e. The Bertz CT molecular complexity index is 1490. The number of thiazole rings is 1. The van der Waals surface area contributed by atoms with Gasteiger partial charge in [-0.1, -0.05) is 53.3 Å². The number of aryl methyl sites for hydroxylation is 1. The summed E-state index contributed by atoms with van der Waals surface area (Å²) in [5, 5.41) is 11.6. The van der Waals surface area contributed by atoms with Gasteiger partial charge in [0.15, 0.2) is 5.13 Å². The number of Topliss-reactive ketones (excluding diaryl/α,β-unsaturated/α-hetero) is 1. The van der Waals surface area contributed by atoms with Crippen LogP contribution in [0.5, 0.6) is 11.5 Å². The van der Waals surface area contributed by atoms with Crippen LogP contribution in [-0.2, 0) is 9.59 Å². The second-order valence-corrected chi connectivity index (χ2v) is 9.15. The van der Waals surface area contributed by atoms with Gasteiger partial charge in [0.05, 0.1) is 36.1 Å². The molecule has 0 radical (unpaired) electrons. The van der Waals surface area contributed by atoms with Crippen molar-refractivity contribution in [2.24, 2.45) is 0 Å². The highest BCUT2D eigenvalue weighted by Crippen LogP contribution is 2.45. The van der Waals surface area contributed by atoms with Crippen molar-refractivity contribution in [1.82, 2.24) is 4.98 Å². The lowest BCUT2D eigenvalue weighted by Crippen LogP contribution is -2.29. The van der Waals surface area contributed by atoms with Gasteiger partial charge in [0.25, 0.3) is 5.78 Å². The third-order valence-corrected chi connectivity index (χ3v) is 6.99. The van der Waals surface area contributed by atoms with E-state index in [1.165, 1.54) is 16.2 Å². The number of aliphatic hydroxyl groups excluding tert-OH is 1. The minimum atomic E-state index is -0.881. The number of ether oxygens (including phenoxy) is 2. The molecule has 35 heavy (non-hydrogen) atoms. The number of anilines is 1. The molecular formula is C27H22N2O5S. The maximum absolute atomic E-state index is 13.4. The summed E-state index contributed by atoms with van der Waals surface area (Å²) >= 11 is 1.28. The van der Waals surface area contributed by atoms with E-state index in [2.05, 4.69) is 4.98 Å². The molecule has 1 N–H and O–H groups in total. The lowest BCUT2D eigenvalue weighted by molar-refractivity contribution is -0.132. The average molecular weight is 487 g/mol. The standard InChI is InChI=1S/C27H22N2O5S/c1-15-7-9-16(10-8-15)24(30)22-23(17-5-4-6-18(13-17)33-2)29(26(32)25(22)31)27-28-20-12-11-19(34-3)14-21(20)35-27/h4-14,23,30H,1-3H3. The SMILES string of the molecule is COc1cccc(C2C(=C(O)c3ccc(C)cc3)C(=O)C(=O)N2c2nc3ccc(OC)cc3s2)c1. The van der Waals surface area contributed by atoms with Crippen LogP contribution in [0.25, 0.3) is 16.0 Å². The Hall–Kier alpha value is -4.17. The Balaban J connectivity index is 1.72. The van der Waals surface area contributed by atoms with Crippen LogP contribution < -0.4 is 14.4 Å². The van der Waals surface area contributed by atoms with Crippen molar-refractivity contribution in [1.29, 1.82) is 0 Å². The van der Waals surface area contributed by atoms with Gasteiger partial charge in [-0.05, 0) is 42.8 Å². The Morgan fingerprint density at radius 1 is 0.971 bits per heavy atom. The molecule has 8 heteroatoms. The van der Waals surface area contributed by atoms with E-state index in [0.717, 1.165) is 10.3 Å². The smallest absolute Gasteiger partial charge is 0.301 e. The molecule has 0 bridgehead atoms. The fourth-order valence-corrected chi connectivity index (χ4v) is 5.17. The van der Waals surface area contributed by atoms with Gasteiger partial charge >= 0.3 is 5.91 Å². The summed E-state index contributed by atoms with van der Waals surface area (Å²) < 4.78 is 11.5. The summed E-state index contributed by atoms with van der Waals surface area (Å²) in [6.45, 7) is 1.93. The van der Waals surface area contributed by atoms with E-state index in [1.54, 1.807) is 62.8 Å². The highest BCUT2D eigenvalue weighted by atomic mass is 32.1. The van der Waals surface area contributed by atoms with E-state index in [4.69, 9.17) is 9.47 Å². The van der Waals surface area contributed by atoms with Crippen molar-refractivity contribution in [2.45, 2.75) is 13.0 Å². The molecule has 176 valence electrons. The average Bonchev–Trinajstić information content (AvgIpc) is 3.41. The summed E-state index contributed by atoms with van der Waals surface area (Å²) in [6, 6.07) is 18.8. The number of aromatic nitrogens is 1. The van der Waals surface area contributed by atoms with Gasteiger partial charge in [-0.25, -0.2) is 4.98 Å². The van der Waals surface area contributed by atoms with E-state index in [-0.39, 0.29) is 11.3 Å². The van der Waals surface area contributed by atoms with Crippen LogP contribution in [0.2, 0.25) is 0 Å². The van der Waals surface area contributed by atoms with Crippen molar-refractivity contribution < 1.29 is 24.2 Å². The molecule has 0 spiro atoms. The van der Waals surface area contributed by atoms with Crippen molar-refractivity contribution in [3.05, 3.63) is 89.0 Å². The lowest BCUT2D eigenvalue weighted by atomic mass is 9.95. The van der Waals surface area contributed by atoms with Crippen LogP contribution >= 0.6 is 11.3 Å². The number of methoxy groups -OCH3 is 2. The number of rotatable bonds is 5. The Labute approximate surface area is 205 Å². The van der Waals surface area contributed by atoms with Crippen molar-refractivity contribution in [3.8, 4) is 11.5 Å². The Morgan fingerprint density at radius 2 is 1.69 bits per heavy atom. The number of hydrogen-bond donors (Lipinski definition) is 1. The van der Waals surface area contributed by atoms with Gasteiger partial charge < -0.3 is 14.6 Å². The van der Waals surface area contributed by atoms with Crippen LogP contribution in [0.3, 0.4) is 0 Å². The summed E-state index contributed by atoms with van der Waals surface area (Å²) in [7, 11) is 3.12. The third-order valence-electron chi connectivity index (χ3n) is 5.97. The molecule has 1 aliphatic rings. The Kier molecular flexibility index (Phi) is 5.74. The number of amides is 1. The van der Waals surface area contributed by atoms with E-state index < -0.39 is 17.7 Å². The van der Waals surface area contributed by atoms with E-state index in [0.29, 0.717) is 33.3 Å². The highest BCUT2D eigenvalue weighted by Gasteiger charge is 2.48.